The van der Waals surface area contributed by atoms with Gasteiger partial charge in [0.2, 0.25) is 0 Å². The maximum absolute atomic E-state index is 2.68. The fraction of sp³-hybridized carbons (Fsp3) is 0.208. The first-order valence-corrected chi connectivity index (χ1v) is 21.4. The summed E-state index contributed by atoms with van der Waals surface area (Å²) < 4.78 is 5.34. The van der Waals surface area contributed by atoms with Crippen molar-refractivity contribution in [2.24, 2.45) is 0 Å². The summed E-state index contributed by atoms with van der Waals surface area (Å²) in [6.45, 7) is 18.7. The molecule has 0 atom stereocenters. The Morgan fingerprint density at radius 2 is 1.30 bits per heavy atom. The van der Waals surface area contributed by atoms with Gasteiger partial charge in [0.25, 0.3) is 0 Å². The number of rotatable bonds is 1. The number of anilines is 2. The van der Waals surface area contributed by atoms with E-state index < -0.39 is 0 Å². The average molecular weight is 753 g/mol. The van der Waals surface area contributed by atoms with Gasteiger partial charge in [-0.15, -0.1) is 11.3 Å². The molecule has 0 unspecified atom stereocenters. The second kappa shape index (κ2) is 10.9. The highest BCUT2D eigenvalue weighted by atomic mass is 32.1. The molecule has 9 aromatic rings. The van der Waals surface area contributed by atoms with E-state index >= 15 is 0 Å². The van der Waals surface area contributed by atoms with Gasteiger partial charge in [-0.3, -0.25) is 0 Å². The van der Waals surface area contributed by atoms with Crippen LogP contribution in [-0.4, -0.2) is 11.4 Å². The highest BCUT2D eigenvalue weighted by Gasteiger charge is 2.46. The van der Waals surface area contributed by atoms with Crippen LogP contribution in [-0.2, 0) is 16.2 Å². The fourth-order valence-electron chi connectivity index (χ4n) is 10.8. The third-order valence-corrected chi connectivity index (χ3v) is 14.8. The van der Waals surface area contributed by atoms with Crippen molar-refractivity contribution in [2.75, 3.05) is 4.81 Å². The van der Waals surface area contributed by atoms with Crippen molar-refractivity contribution in [1.82, 2.24) is 4.57 Å². The van der Waals surface area contributed by atoms with Crippen molar-refractivity contribution in [3.05, 3.63) is 150 Å². The molecule has 2 nitrogen and oxygen atoms in total. The quantitative estimate of drug-likeness (QED) is 0.152. The molecule has 12 rings (SSSR count). The van der Waals surface area contributed by atoms with Gasteiger partial charge in [-0.1, -0.05) is 134 Å². The predicted octanol–water partition coefficient (Wildman–Crippen LogP) is 13.3. The zero-order valence-electron chi connectivity index (χ0n) is 34.0. The van der Waals surface area contributed by atoms with Crippen molar-refractivity contribution in [3.8, 4) is 27.9 Å². The second-order valence-electron chi connectivity index (χ2n) is 19.4. The van der Waals surface area contributed by atoms with Crippen LogP contribution >= 0.6 is 11.3 Å². The summed E-state index contributed by atoms with van der Waals surface area (Å²) in [5.74, 6) is 0. The molecule has 0 bridgehead atoms. The molecular formula is C53H45BN2S. The second-order valence-corrected chi connectivity index (χ2v) is 20.5. The number of hydrogen-bond donors (Lipinski definition) is 0. The van der Waals surface area contributed by atoms with Gasteiger partial charge < -0.3 is 9.38 Å². The minimum Gasteiger partial charge on any atom is -0.376 e. The van der Waals surface area contributed by atoms with Crippen molar-refractivity contribution >= 4 is 82.5 Å². The Morgan fingerprint density at radius 1 is 0.561 bits per heavy atom. The van der Waals surface area contributed by atoms with E-state index in [1.807, 2.05) is 11.3 Å². The van der Waals surface area contributed by atoms with E-state index in [-0.39, 0.29) is 23.1 Å². The molecule has 4 heterocycles. The zero-order chi connectivity index (χ0) is 38.9. The smallest absolute Gasteiger partial charge is 0.333 e. The molecule has 4 heteroatoms. The Labute approximate surface area is 339 Å². The number of thiophene rings is 1. The molecule has 0 radical (unpaired) electrons. The lowest BCUT2D eigenvalue weighted by molar-refractivity contribution is 0.590. The standard InChI is InChI=1S/C53H45BN2S/c1-51(2,3)30-17-20-32(21-18-30)56-42-25-19-31(52(4,5)6)27-37(42)34-22-23-36-48-43(26-24-40-47(48)35-14-9-11-15-39(35)53(40,7)8)55-44-28-38-33-13-10-12-16-45(33)57-46(38)29-41(44)54(56)49(34)50(36)55/h9-29H,1-8H3. The maximum Gasteiger partial charge on any atom is 0.333 e. The molecule has 1 aliphatic carbocycles. The average Bonchev–Trinajstić information content (AvgIpc) is 3.81. The van der Waals surface area contributed by atoms with Gasteiger partial charge >= 0.3 is 6.85 Å². The molecule has 2 aromatic heterocycles. The van der Waals surface area contributed by atoms with E-state index in [0.29, 0.717) is 0 Å². The first kappa shape index (κ1) is 33.6. The van der Waals surface area contributed by atoms with Crippen LogP contribution in [0.4, 0.5) is 11.4 Å². The van der Waals surface area contributed by atoms with Crippen LogP contribution in [0.3, 0.4) is 0 Å². The number of aromatic nitrogens is 1. The predicted molar refractivity (Wildman–Crippen MR) is 248 cm³/mol. The van der Waals surface area contributed by atoms with Crippen LogP contribution in [0, 0.1) is 0 Å². The highest BCUT2D eigenvalue weighted by molar-refractivity contribution is 7.26. The summed E-state index contributed by atoms with van der Waals surface area (Å²) >= 11 is 1.92. The molecule has 0 amide bonds. The van der Waals surface area contributed by atoms with Crippen molar-refractivity contribution in [1.29, 1.82) is 0 Å². The minimum atomic E-state index is -0.0799. The number of fused-ring (bicyclic) bond motifs is 15. The summed E-state index contributed by atoms with van der Waals surface area (Å²) in [5.41, 5.74) is 20.2. The lowest BCUT2D eigenvalue weighted by Crippen LogP contribution is -2.60. The number of benzene rings is 7. The highest BCUT2D eigenvalue weighted by Crippen LogP contribution is 2.54. The van der Waals surface area contributed by atoms with E-state index in [1.54, 1.807) is 0 Å². The van der Waals surface area contributed by atoms with Crippen molar-refractivity contribution in [3.63, 3.8) is 0 Å². The molecular weight excluding hydrogens is 707 g/mol. The van der Waals surface area contributed by atoms with Crippen molar-refractivity contribution in [2.45, 2.75) is 71.6 Å². The SMILES string of the molecule is CC(C)(C)c1ccc(N2B3c4cc5sc6ccccc6c5cc4-n4c5ccc6c(c5c5ccc(c3c54)-c3cc(C(C)(C)C)ccc32)-c2ccccc2C6(C)C)cc1. The van der Waals surface area contributed by atoms with Crippen molar-refractivity contribution < 1.29 is 0 Å². The molecule has 0 spiro atoms. The van der Waals surface area contributed by atoms with Crippen LogP contribution in [0.2, 0.25) is 0 Å². The van der Waals surface area contributed by atoms with Gasteiger partial charge in [0.05, 0.1) is 11.0 Å². The summed E-state index contributed by atoms with van der Waals surface area (Å²) in [5, 5.41) is 5.39. The largest absolute Gasteiger partial charge is 0.376 e. The molecule has 0 saturated carbocycles. The fourth-order valence-corrected chi connectivity index (χ4v) is 11.9. The summed E-state index contributed by atoms with van der Waals surface area (Å²) in [6.07, 6.45) is 0. The van der Waals surface area contributed by atoms with Crippen LogP contribution in [0.5, 0.6) is 0 Å². The third kappa shape index (κ3) is 4.32. The topological polar surface area (TPSA) is 8.17 Å². The monoisotopic (exact) mass is 752 g/mol. The van der Waals surface area contributed by atoms with Crippen LogP contribution in [0.1, 0.15) is 77.6 Å². The van der Waals surface area contributed by atoms with Gasteiger partial charge in [0.15, 0.2) is 0 Å². The first-order chi connectivity index (χ1) is 27.3. The third-order valence-electron chi connectivity index (χ3n) is 13.7. The van der Waals surface area contributed by atoms with Crippen LogP contribution < -0.4 is 15.7 Å². The molecule has 57 heavy (non-hydrogen) atoms. The van der Waals surface area contributed by atoms with E-state index in [1.165, 1.54) is 114 Å². The molecule has 0 saturated heterocycles. The van der Waals surface area contributed by atoms with E-state index in [0.717, 1.165) is 0 Å². The lowest BCUT2D eigenvalue weighted by atomic mass is 9.44. The van der Waals surface area contributed by atoms with E-state index in [4.69, 9.17) is 0 Å². The minimum absolute atomic E-state index is 0.0153. The normalized spacial score (nSPS) is 15.1. The Hall–Kier alpha value is -5.58. The van der Waals surface area contributed by atoms with Gasteiger partial charge in [-0.2, -0.15) is 0 Å². The van der Waals surface area contributed by atoms with Gasteiger partial charge in [0.1, 0.15) is 0 Å². The molecule has 7 aromatic carbocycles. The molecule has 0 fully saturated rings. The van der Waals surface area contributed by atoms with Gasteiger partial charge in [-0.25, -0.2) is 0 Å². The molecule has 3 aliphatic rings. The summed E-state index contributed by atoms with van der Waals surface area (Å²) in [7, 11) is 0. The Kier molecular flexibility index (Phi) is 6.40. The number of nitrogens with zero attached hydrogens (tertiary/aromatic N) is 2. The molecule has 2 aliphatic heterocycles. The first-order valence-electron chi connectivity index (χ1n) is 20.6. The zero-order valence-corrected chi connectivity index (χ0v) is 34.8. The van der Waals surface area contributed by atoms with E-state index in [9.17, 15) is 0 Å². The van der Waals surface area contributed by atoms with Gasteiger partial charge in [0, 0.05) is 59.0 Å². The van der Waals surface area contributed by atoms with Crippen LogP contribution in [0.15, 0.2) is 127 Å². The Balaban J connectivity index is 1.27. The van der Waals surface area contributed by atoms with E-state index in [2.05, 4.69) is 192 Å². The Bertz CT molecular complexity index is 3230. The Morgan fingerprint density at radius 3 is 2.09 bits per heavy atom. The molecule has 276 valence electrons. The summed E-state index contributed by atoms with van der Waals surface area (Å²) in [6, 6.07) is 49.7. The summed E-state index contributed by atoms with van der Waals surface area (Å²) in [4.78, 5) is 2.68. The van der Waals surface area contributed by atoms with Gasteiger partial charge in [-0.05, 0) is 109 Å². The lowest BCUT2D eigenvalue weighted by Gasteiger charge is -2.42. The maximum atomic E-state index is 2.68. The number of hydrogen-bond acceptors (Lipinski definition) is 2. The molecule has 0 N–H and O–H groups in total. The van der Waals surface area contributed by atoms with Crippen LogP contribution in [0.25, 0.3) is 69.9 Å².